The maximum Gasteiger partial charge on any atom is 0.273 e. The monoisotopic (exact) mass is 372 g/mol. The van der Waals surface area contributed by atoms with Crippen LogP contribution < -0.4 is 15.1 Å². The van der Waals surface area contributed by atoms with Gasteiger partial charge in [0.05, 0.1) is 18.8 Å². The molecule has 0 spiro atoms. The van der Waals surface area contributed by atoms with Crippen molar-refractivity contribution in [3.05, 3.63) is 84.6 Å². The van der Waals surface area contributed by atoms with Gasteiger partial charge in [0.25, 0.3) is 5.91 Å². The van der Waals surface area contributed by atoms with Gasteiger partial charge in [-0.3, -0.25) is 9.80 Å². The highest BCUT2D eigenvalue weighted by Crippen LogP contribution is 2.35. The minimum absolute atomic E-state index is 0.0463. The molecular formula is C22H20N4O2. The first-order chi connectivity index (χ1) is 13.8. The molecule has 0 fully saturated rings. The van der Waals surface area contributed by atoms with Crippen LogP contribution in [0.1, 0.15) is 18.0 Å². The topological polar surface area (TPSA) is 66.8 Å². The van der Waals surface area contributed by atoms with E-state index in [1.54, 1.807) is 25.4 Å². The lowest BCUT2D eigenvalue weighted by Crippen LogP contribution is -2.22. The van der Waals surface area contributed by atoms with Crippen molar-refractivity contribution in [1.82, 2.24) is 4.98 Å². The highest BCUT2D eigenvalue weighted by Gasteiger charge is 2.32. The molecule has 0 saturated heterocycles. The van der Waals surface area contributed by atoms with Gasteiger partial charge in [0.1, 0.15) is 5.71 Å². The summed E-state index contributed by atoms with van der Waals surface area (Å²) in [6.45, 7) is 0. The van der Waals surface area contributed by atoms with E-state index in [4.69, 9.17) is 4.74 Å². The molecule has 0 aliphatic carbocycles. The van der Waals surface area contributed by atoms with E-state index in [9.17, 15) is 4.79 Å². The second-order valence-electron chi connectivity index (χ2n) is 6.37. The van der Waals surface area contributed by atoms with Crippen LogP contribution in [0.2, 0.25) is 0 Å². The molecule has 2 heterocycles. The van der Waals surface area contributed by atoms with E-state index in [2.05, 4.69) is 27.5 Å². The van der Waals surface area contributed by atoms with Crippen molar-refractivity contribution < 1.29 is 9.53 Å². The fourth-order valence-corrected chi connectivity index (χ4v) is 3.23. The number of hydrogen-bond donors (Lipinski definition) is 1. The summed E-state index contributed by atoms with van der Waals surface area (Å²) in [5.74, 6) is 0.609. The number of amides is 1. The number of para-hydroxylation sites is 1. The number of anilines is 2. The zero-order valence-corrected chi connectivity index (χ0v) is 15.4. The van der Waals surface area contributed by atoms with Gasteiger partial charge in [0.15, 0.2) is 11.6 Å². The summed E-state index contributed by atoms with van der Waals surface area (Å²) in [6, 6.07) is 23.4. The number of ether oxygens (including phenoxy) is 1. The van der Waals surface area contributed by atoms with Crippen molar-refractivity contribution >= 4 is 23.1 Å². The molecule has 1 aliphatic heterocycles. The molecule has 0 bridgehead atoms. The van der Waals surface area contributed by atoms with Gasteiger partial charge in [-0.05, 0) is 29.8 Å². The number of rotatable bonds is 5. The number of carbonyl (C=O) groups is 1. The molecule has 1 aromatic heterocycles. The largest absolute Gasteiger partial charge is 0.493 e. The average molecular weight is 372 g/mol. The van der Waals surface area contributed by atoms with Crippen molar-refractivity contribution in [2.45, 2.75) is 12.5 Å². The molecule has 2 aromatic carbocycles. The van der Waals surface area contributed by atoms with Crippen molar-refractivity contribution in [2.24, 2.45) is 5.10 Å². The van der Waals surface area contributed by atoms with E-state index in [0.717, 1.165) is 11.3 Å². The molecule has 0 unspecified atom stereocenters. The van der Waals surface area contributed by atoms with E-state index in [1.807, 2.05) is 53.5 Å². The minimum atomic E-state index is -0.281. The standard InChI is InChI=1S/C22H20N4O2/c1-28-20-13-8-14-23-21(20)24-22(27)18-15-19(16-9-4-2-5-10-16)26(25-18)17-11-6-3-7-12-17/h2-14,19H,15H2,1H3,(H,23,24,27)/t19-/m0/s1. The Morgan fingerprint density at radius 1 is 1.04 bits per heavy atom. The van der Waals surface area contributed by atoms with Crippen molar-refractivity contribution in [3.63, 3.8) is 0 Å². The predicted octanol–water partition coefficient (Wildman–Crippen LogP) is 4.04. The molecule has 4 rings (SSSR count). The molecule has 1 amide bonds. The van der Waals surface area contributed by atoms with Crippen LogP contribution >= 0.6 is 0 Å². The van der Waals surface area contributed by atoms with Crippen LogP contribution in [0.5, 0.6) is 5.75 Å². The maximum atomic E-state index is 12.9. The van der Waals surface area contributed by atoms with Gasteiger partial charge in [-0.15, -0.1) is 0 Å². The molecule has 6 nitrogen and oxygen atoms in total. The SMILES string of the molecule is COc1cccnc1NC(=O)C1=NN(c2ccccc2)[C@H](c2ccccc2)C1. The Morgan fingerprint density at radius 2 is 1.75 bits per heavy atom. The van der Waals surface area contributed by atoms with E-state index in [0.29, 0.717) is 23.7 Å². The first kappa shape index (κ1) is 17.7. The Bertz CT molecular complexity index is 990. The molecule has 0 radical (unpaired) electrons. The van der Waals surface area contributed by atoms with Gasteiger partial charge < -0.3 is 10.1 Å². The smallest absolute Gasteiger partial charge is 0.273 e. The first-order valence-corrected chi connectivity index (χ1v) is 9.03. The van der Waals surface area contributed by atoms with Crippen molar-refractivity contribution in [1.29, 1.82) is 0 Å². The Morgan fingerprint density at radius 3 is 2.46 bits per heavy atom. The normalized spacial score (nSPS) is 15.8. The van der Waals surface area contributed by atoms with E-state index < -0.39 is 0 Å². The summed E-state index contributed by atoms with van der Waals surface area (Å²) in [7, 11) is 1.54. The predicted molar refractivity (Wildman–Crippen MR) is 110 cm³/mol. The summed E-state index contributed by atoms with van der Waals surface area (Å²) in [4.78, 5) is 17.1. The van der Waals surface area contributed by atoms with Crippen molar-refractivity contribution in [3.8, 4) is 5.75 Å². The number of aromatic nitrogens is 1. The first-order valence-electron chi connectivity index (χ1n) is 9.03. The molecule has 28 heavy (non-hydrogen) atoms. The van der Waals surface area contributed by atoms with E-state index in [-0.39, 0.29) is 11.9 Å². The van der Waals surface area contributed by atoms with Gasteiger partial charge in [0.2, 0.25) is 0 Å². The summed E-state index contributed by atoms with van der Waals surface area (Å²) in [5, 5.41) is 9.35. The van der Waals surface area contributed by atoms with Crippen LogP contribution in [0, 0.1) is 0 Å². The Labute approximate surface area is 163 Å². The van der Waals surface area contributed by atoms with Gasteiger partial charge in [-0.1, -0.05) is 48.5 Å². The van der Waals surface area contributed by atoms with Gasteiger partial charge in [-0.2, -0.15) is 5.10 Å². The number of nitrogens with zero attached hydrogens (tertiary/aromatic N) is 3. The number of nitrogens with one attached hydrogen (secondary N) is 1. The minimum Gasteiger partial charge on any atom is -0.493 e. The molecule has 1 atom stereocenters. The molecule has 6 heteroatoms. The Hall–Kier alpha value is -3.67. The molecule has 140 valence electrons. The third-order valence-electron chi connectivity index (χ3n) is 4.60. The quantitative estimate of drug-likeness (QED) is 0.734. The van der Waals surface area contributed by atoms with E-state index in [1.165, 1.54) is 0 Å². The van der Waals surface area contributed by atoms with Crippen LogP contribution in [-0.4, -0.2) is 23.7 Å². The van der Waals surface area contributed by atoms with Crippen LogP contribution in [0.15, 0.2) is 84.1 Å². The molecular weight excluding hydrogens is 352 g/mol. The fourth-order valence-electron chi connectivity index (χ4n) is 3.23. The highest BCUT2D eigenvalue weighted by molar-refractivity contribution is 6.43. The summed E-state index contributed by atoms with van der Waals surface area (Å²) >= 11 is 0. The molecule has 1 aliphatic rings. The third kappa shape index (κ3) is 3.57. The van der Waals surface area contributed by atoms with Crippen LogP contribution in [0.3, 0.4) is 0 Å². The highest BCUT2D eigenvalue weighted by atomic mass is 16.5. The lowest BCUT2D eigenvalue weighted by atomic mass is 10.0. The summed E-state index contributed by atoms with van der Waals surface area (Å²) in [5.41, 5.74) is 2.49. The van der Waals surface area contributed by atoms with Gasteiger partial charge in [0, 0.05) is 12.6 Å². The number of hydrogen-bond acceptors (Lipinski definition) is 5. The maximum absolute atomic E-state index is 12.9. The Kier molecular flexibility index (Phi) is 5.01. The average Bonchev–Trinajstić information content (AvgIpc) is 3.21. The summed E-state index contributed by atoms with van der Waals surface area (Å²) in [6.07, 6.45) is 2.11. The lowest BCUT2D eigenvalue weighted by Gasteiger charge is -2.23. The third-order valence-corrected chi connectivity index (χ3v) is 4.60. The van der Waals surface area contributed by atoms with Crippen LogP contribution in [-0.2, 0) is 4.79 Å². The van der Waals surface area contributed by atoms with E-state index >= 15 is 0 Å². The van der Waals surface area contributed by atoms with Gasteiger partial charge in [-0.25, -0.2) is 4.98 Å². The Balaban J connectivity index is 1.63. The fraction of sp³-hybridized carbons (Fsp3) is 0.136. The molecule has 3 aromatic rings. The van der Waals surface area contributed by atoms with Gasteiger partial charge >= 0.3 is 0 Å². The zero-order valence-electron chi connectivity index (χ0n) is 15.4. The van der Waals surface area contributed by atoms with Crippen LogP contribution in [0.4, 0.5) is 11.5 Å². The number of benzene rings is 2. The number of methoxy groups -OCH3 is 1. The van der Waals surface area contributed by atoms with Crippen molar-refractivity contribution in [2.75, 3.05) is 17.4 Å². The number of pyridine rings is 1. The number of hydrazone groups is 1. The second kappa shape index (κ2) is 7.92. The molecule has 1 N–H and O–H groups in total. The summed E-state index contributed by atoms with van der Waals surface area (Å²) < 4.78 is 5.26. The second-order valence-corrected chi connectivity index (χ2v) is 6.37. The van der Waals surface area contributed by atoms with Crippen LogP contribution in [0.25, 0.3) is 0 Å². The number of carbonyl (C=O) groups excluding carboxylic acids is 1. The molecule has 0 saturated carbocycles. The zero-order chi connectivity index (χ0) is 19.3. The lowest BCUT2D eigenvalue weighted by molar-refractivity contribution is -0.110.